The van der Waals surface area contributed by atoms with Gasteiger partial charge in [-0.2, -0.15) is 0 Å². The van der Waals surface area contributed by atoms with Gasteiger partial charge < -0.3 is 15.5 Å². The predicted molar refractivity (Wildman–Crippen MR) is 92.8 cm³/mol. The van der Waals surface area contributed by atoms with Crippen molar-refractivity contribution in [2.24, 2.45) is 0 Å². The molecule has 0 atom stereocenters. The number of urea groups is 1. The van der Waals surface area contributed by atoms with Gasteiger partial charge in [-0.25, -0.2) is 4.79 Å². The highest BCUT2D eigenvalue weighted by molar-refractivity contribution is 6.00. The third-order valence-corrected chi connectivity index (χ3v) is 3.47. The van der Waals surface area contributed by atoms with Gasteiger partial charge in [0.25, 0.3) is 5.91 Å². The molecule has 120 valence electrons. The first-order valence-electron chi connectivity index (χ1n) is 7.66. The van der Waals surface area contributed by atoms with E-state index in [-0.39, 0.29) is 11.9 Å². The molecule has 0 aliphatic rings. The summed E-state index contributed by atoms with van der Waals surface area (Å²) in [7, 11) is 0. The van der Waals surface area contributed by atoms with Gasteiger partial charge in [0.1, 0.15) is 0 Å². The summed E-state index contributed by atoms with van der Waals surface area (Å²) in [4.78, 5) is 25.9. The van der Waals surface area contributed by atoms with E-state index in [4.69, 9.17) is 0 Å². The molecular formula is C18H21N3O2. The average molecular weight is 311 g/mol. The maximum Gasteiger partial charge on any atom is 0.323 e. The Morgan fingerprint density at radius 3 is 1.87 bits per heavy atom. The number of carbonyl (C=O) groups excluding carboxylic acids is 2. The number of nitrogens with one attached hydrogen (secondary N) is 2. The van der Waals surface area contributed by atoms with Gasteiger partial charge in [0.2, 0.25) is 0 Å². The molecule has 0 unspecified atom stereocenters. The van der Waals surface area contributed by atoms with Crippen molar-refractivity contribution in [2.45, 2.75) is 13.8 Å². The van der Waals surface area contributed by atoms with E-state index in [2.05, 4.69) is 10.6 Å². The molecule has 3 amide bonds. The normalized spacial score (nSPS) is 10.0. The first-order valence-corrected chi connectivity index (χ1v) is 7.66. The Kier molecular flexibility index (Phi) is 5.74. The molecule has 0 heterocycles. The third-order valence-electron chi connectivity index (χ3n) is 3.47. The minimum atomic E-state index is -0.320. The van der Waals surface area contributed by atoms with Gasteiger partial charge in [0.15, 0.2) is 0 Å². The summed E-state index contributed by atoms with van der Waals surface area (Å²) in [5.74, 6) is -0.00436. The molecule has 0 bridgehead atoms. The highest BCUT2D eigenvalue weighted by Crippen LogP contribution is 2.13. The zero-order chi connectivity index (χ0) is 16.7. The van der Waals surface area contributed by atoms with E-state index in [1.54, 1.807) is 29.2 Å². The predicted octanol–water partition coefficient (Wildman–Crippen LogP) is 3.81. The smallest absolute Gasteiger partial charge is 0.323 e. The van der Waals surface area contributed by atoms with Crippen molar-refractivity contribution in [3.8, 4) is 0 Å². The number of nitrogens with zero attached hydrogens (tertiary/aromatic N) is 1. The summed E-state index contributed by atoms with van der Waals surface area (Å²) in [6.07, 6.45) is 0. The fraction of sp³-hybridized carbons (Fsp3) is 0.222. The van der Waals surface area contributed by atoms with Crippen LogP contribution in [0.15, 0.2) is 54.6 Å². The summed E-state index contributed by atoms with van der Waals surface area (Å²) in [6.45, 7) is 5.25. The van der Waals surface area contributed by atoms with Gasteiger partial charge in [-0.05, 0) is 50.2 Å². The van der Waals surface area contributed by atoms with Crippen molar-refractivity contribution in [1.82, 2.24) is 4.90 Å². The molecule has 0 radical (unpaired) electrons. The number of benzene rings is 2. The molecular weight excluding hydrogens is 290 g/mol. The molecule has 2 aromatic carbocycles. The molecule has 2 N–H and O–H groups in total. The molecule has 0 saturated carbocycles. The van der Waals surface area contributed by atoms with Gasteiger partial charge in [-0.3, -0.25) is 4.79 Å². The first-order chi connectivity index (χ1) is 11.1. The van der Waals surface area contributed by atoms with Gasteiger partial charge in [-0.1, -0.05) is 18.2 Å². The minimum absolute atomic E-state index is 0.00436. The molecule has 0 saturated heterocycles. The lowest BCUT2D eigenvalue weighted by Crippen LogP contribution is -2.30. The highest BCUT2D eigenvalue weighted by Gasteiger charge is 2.12. The van der Waals surface area contributed by atoms with Crippen molar-refractivity contribution >= 4 is 23.3 Å². The van der Waals surface area contributed by atoms with Crippen LogP contribution in [0.3, 0.4) is 0 Å². The summed E-state index contributed by atoms with van der Waals surface area (Å²) in [5.41, 5.74) is 1.97. The van der Waals surface area contributed by atoms with E-state index in [1.165, 1.54) is 0 Å². The third kappa shape index (κ3) is 4.57. The van der Waals surface area contributed by atoms with Crippen LogP contribution in [0.5, 0.6) is 0 Å². The summed E-state index contributed by atoms with van der Waals surface area (Å²) in [6, 6.07) is 15.8. The Morgan fingerprint density at radius 1 is 0.826 bits per heavy atom. The van der Waals surface area contributed by atoms with E-state index in [9.17, 15) is 9.59 Å². The number of hydrogen-bond acceptors (Lipinski definition) is 2. The van der Waals surface area contributed by atoms with E-state index in [0.29, 0.717) is 24.3 Å². The Balaban J connectivity index is 1.97. The molecule has 0 aliphatic carbocycles. The summed E-state index contributed by atoms with van der Waals surface area (Å²) < 4.78 is 0. The molecule has 0 aromatic heterocycles. The maximum absolute atomic E-state index is 12.2. The van der Waals surface area contributed by atoms with Gasteiger partial charge in [0.05, 0.1) is 0 Å². The quantitative estimate of drug-likeness (QED) is 0.882. The Morgan fingerprint density at radius 2 is 1.35 bits per heavy atom. The van der Waals surface area contributed by atoms with E-state index in [0.717, 1.165) is 5.69 Å². The molecule has 5 heteroatoms. The molecule has 23 heavy (non-hydrogen) atoms. The minimum Gasteiger partial charge on any atom is -0.339 e. The molecule has 0 fully saturated rings. The summed E-state index contributed by atoms with van der Waals surface area (Å²) >= 11 is 0. The Bertz CT molecular complexity index is 650. The van der Waals surface area contributed by atoms with Crippen molar-refractivity contribution in [3.05, 3.63) is 60.2 Å². The lowest BCUT2D eigenvalue weighted by Gasteiger charge is -2.18. The van der Waals surface area contributed by atoms with Crippen LogP contribution in [0.1, 0.15) is 24.2 Å². The second kappa shape index (κ2) is 7.98. The molecule has 0 aliphatic heterocycles. The number of para-hydroxylation sites is 1. The van der Waals surface area contributed by atoms with Crippen LogP contribution in [-0.2, 0) is 0 Å². The van der Waals surface area contributed by atoms with Gasteiger partial charge in [-0.15, -0.1) is 0 Å². The van der Waals surface area contributed by atoms with E-state index in [1.807, 2.05) is 44.2 Å². The van der Waals surface area contributed by atoms with Crippen molar-refractivity contribution < 1.29 is 9.59 Å². The number of anilines is 2. The van der Waals surface area contributed by atoms with Crippen LogP contribution in [0, 0.1) is 0 Å². The van der Waals surface area contributed by atoms with Crippen LogP contribution in [0.25, 0.3) is 0 Å². The number of hydrogen-bond donors (Lipinski definition) is 2. The standard InChI is InChI=1S/C18H21N3O2/c1-3-21(4-2)17(22)14-10-12-16(13-11-14)20-18(23)19-15-8-6-5-7-9-15/h5-13H,3-4H2,1-2H3,(H2,19,20,23). The fourth-order valence-corrected chi connectivity index (χ4v) is 2.20. The Labute approximate surface area is 136 Å². The van der Waals surface area contributed by atoms with Crippen LogP contribution in [0.2, 0.25) is 0 Å². The average Bonchev–Trinajstić information content (AvgIpc) is 2.57. The molecule has 2 aromatic rings. The number of amides is 3. The topological polar surface area (TPSA) is 61.4 Å². The second-order valence-electron chi connectivity index (χ2n) is 5.00. The first kappa shape index (κ1) is 16.5. The lowest BCUT2D eigenvalue weighted by atomic mass is 10.2. The largest absolute Gasteiger partial charge is 0.339 e. The SMILES string of the molecule is CCN(CC)C(=O)c1ccc(NC(=O)Nc2ccccc2)cc1. The van der Waals surface area contributed by atoms with Crippen molar-refractivity contribution in [2.75, 3.05) is 23.7 Å². The van der Waals surface area contributed by atoms with E-state index >= 15 is 0 Å². The lowest BCUT2D eigenvalue weighted by molar-refractivity contribution is 0.0773. The monoisotopic (exact) mass is 311 g/mol. The zero-order valence-electron chi connectivity index (χ0n) is 13.4. The van der Waals surface area contributed by atoms with Gasteiger partial charge in [0, 0.05) is 30.0 Å². The highest BCUT2D eigenvalue weighted by atomic mass is 16.2. The summed E-state index contributed by atoms with van der Waals surface area (Å²) in [5, 5.41) is 5.48. The molecule has 5 nitrogen and oxygen atoms in total. The van der Waals surface area contributed by atoms with Crippen LogP contribution >= 0.6 is 0 Å². The van der Waals surface area contributed by atoms with Crippen molar-refractivity contribution in [1.29, 1.82) is 0 Å². The van der Waals surface area contributed by atoms with Crippen LogP contribution in [0.4, 0.5) is 16.2 Å². The molecule has 2 rings (SSSR count). The second-order valence-corrected chi connectivity index (χ2v) is 5.00. The van der Waals surface area contributed by atoms with Crippen LogP contribution in [-0.4, -0.2) is 29.9 Å². The zero-order valence-corrected chi connectivity index (χ0v) is 13.4. The Hall–Kier alpha value is -2.82. The van der Waals surface area contributed by atoms with Gasteiger partial charge >= 0.3 is 6.03 Å². The number of carbonyl (C=O) groups is 2. The van der Waals surface area contributed by atoms with E-state index < -0.39 is 0 Å². The van der Waals surface area contributed by atoms with Crippen molar-refractivity contribution in [3.63, 3.8) is 0 Å². The maximum atomic E-state index is 12.2. The van der Waals surface area contributed by atoms with Crippen LogP contribution < -0.4 is 10.6 Å². The fourth-order valence-electron chi connectivity index (χ4n) is 2.20. The molecule has 0 spiro atoms. The number of rotatable bonds is 5.